The van der Waals surface area contributed by atoms with E-state index in [2.05, 4.69) is 22.3 Å². The number of Topliss-reactive ketones (excluding diaryl/α,β-unsaturated/α-hetero) is 1. The van der Waals surface area contributed by atoms with Crippen LogP contribution in [0.15, 0.2) is 84.9 Å². The lowest BCUT2D eigenvalue weighted by molar-refractivity contribution is -0.253. The predicted octanol–water partition coefficient (Wildman–Crippen LogP) is 6.25. The maximum absolute atomic E-state index is 13.3. The van der Waals surface area contributed by atoms with Gasteiger partial charge in [0, 0.05) is 48.4 Å². The van der Waals surface area contributed by atoms with Gasteiger partial charge in [0.25, 0.3) is 5.91 Å². The number of ketones is 1. The van der Waals surface area contributed by atoms with Crippen molar-refractivity contribution in [1.29, 1.82) is 0 Å². The molecule has 0 aliphatic carbocycles. The molecule has 9 nitrogen and oxygen atoms in total. The van der Waals surface area contributed by atoms with Gasteiger partial charge >= 0.3 is 0 Å². The fraction of sp³-hybridized carbons (Fsp3) is 0.316. The molecule has 1 unspecified atom stereocenters. The number of carbonyl (C=O) groups excluding carboxylic acids is 2. The Morgan fingerprint density at radius 1 is 0.872 bits per heavy atom. The van der Waals surface area contributed by atoms with E-state index in [9.17, 15) is 14.7 Å². The van der Waals surface area contributed by atoms with Crippen molar-refractivity contribution < 1.29 is 33.6 Å². The molecular weight excluding hydrogens is 596 g/mol. The first-order valence-corrected chi connectivity index (χ1v) is 15.8. The van der Waals surface area contributed by atoms with E-state index >= 15 is 0 Å². The second-order valence-corrected chi connectivity index (χ2v) is 12.0. The number of carbonyl (C=O) groups is 2. The van der Waals surface area contributed by atoms with E-state index in [0.717, 1.165) is 47.7 Å². The van der Waals surface area contributed by atoms with Crippen molar-refractivity contribution in [2.75, 3.05) is 32.6 Å². The number of rotatable bonds is 10. The van der Waals surface area contributed by atoms with Crippen molar-refractivity contribution in [3.8, 4) is 11.5 Å². The molecule has 1 saturated heterocycles. The van der Waals surface area contributed by atoms with Crippen LogP contribution >= 0.6 is 0 Å². The number of anilines is 1. The second kappa shape index (κ2) is 14.5. The van der Waals surface area contributed by atoms with Gasteiger partial charge in [-0.15, -0.1) is 0 Å². The van der Waals surface area contributed by atoms with Crippen molar-refractivity contribution in [3.63, 3.8) is 0 Å². The van der Waals surface area contributed by atoms with Crippen molar-refractivity contribution in [1.82, 2.24) is 4.90 Å². The minimum absolute atomic E-state index is 0.0266. The first-order chi connectivity index (χ1) is 22.8. The summed E-state index contributed by atoms with van der Waals surface area (Å²) >= 11 is 0. The molecule has 2 heterocycles. The van der Waals surface area contributed by atoms with Gasteiger partial charge in [0.05, 0.1) is 33.0 Å². The van der Waals surface area contributed by atoms with Crippen molar-refractivity contribution in [3.05, 3.63) is 124 Å². The molecule has 0 radical (unpaired) electrons. The number of aliphatic hydroxyl groups excluding tert-OH is 1. The molecule has 0 bridgehead atoms. The van der Waals surface area contributed by atoms with Gasteiger partial charge in [-0.1, -0.05) is 48.5 Å². The van der Waals surface area contributed by atoms with Gasteiger partial charge in [-0.3, -0.25) is 14.5 Å². The maximum atomic E-state index is 13.3. The van der Waals surface area contributed by atoms with E-state index in [1.54, 1.807) is 50.6 Å². The highest BCUT2D eigenvalue weighted by Gasteiger charge is 2.34. The van der Waals surface area contributed by atoms with Crippen LogP contribution in [0.25, 0.3) is 0 Å². The molecule has 47 heavy (non-hydrogen) atoms. The summed E-state index contributed by atoms with van der Waals surface area (Å²) in [5.41, 5.74) is 6.56. The van der Waals surface area contributed by atoms with Crippen LogP contribution in [0.2, 0.25) is 0 Å². The Bertz CT molecular complexity index is 1740. The molecule has 0 spiro atoms. The smallest absolute Gasteiger partial charge is 0.255 e. The second-order valence-electron chi connectivity index (χ2n) is 12.0. The third kappa shape index (κ3) is 7.55. The SMILES string of the molecule is COc1cc2c(cc1OC)CN(C[C@@H]1C[C@H](c3ccc(CO)cc3)OC(c3cccc(C(=O)Nc4cccc(C(C)=O)c4)c3)O1)CC2. The van der Waals surface area contributed by atoms with Crippen LogP contribution in [0.4, 0.5) is 5.69 Å². The maximum Gasteiger partial charge on any atom is 0.255 e. The highest BCUT2D eigenvalue weighted by atomic mass is 16.7. The minimum Gasteiger partial charge on any atom is -0.493 e. The molecule has 2 N–H and O–H groups in total. The largest absolute Gasteiger partial charge is 0.493 e. The Kier molecular flexibility index (Phi) is 9.98. The average Bonchev–Trinajstić information content (AvgIpc) is 3.11. The zero-order chi connectivity index (χ0) is 32.9. The Hall–Kier alpha value is -4.54. The average molecular weight is 637 g/mol. The van der Waals surface area contributed by atoms with Crippen LogP contribution in [-0.4, -0.2) is 55.1 Å². The van der Waals surface area contributed by atoms with Crippen LogP contribution in [0.1, 0.15) is 74.3 Å². The number of benzene rings is 4. The van der Waals surface area contributed by atoms with E-state index in [1.807, 2.05) is 36.4 Å². The van der Waals surface area contributed by atoms with Gasteiger partial charge in [-0.25, -0.2) is 0 Å². The lowest BCUT2D eigenvalue weighted by atomic mass is 9.96. The summed E-state index contributed by atoms with van der Waals surface area (Å²) in [7, 11) is 3.31. The molecule has 1 amide bonds. The normalized spacial score (nSPS) is 19.4. The molecule has 4 aromatic rings. The van der Waals surface area contributed by atoms with Crippen LogP contribution < -0.4 is 14.8 Å². The van der Waals surface area contributed by atoms with Gasteiger partial charge in [-0.05, 0) is 72.0 Å². The standard InChI is InChI=1S/C38H40N2O7/c1-24(42)27-6-5-9-32(17-27)39-37(43)29-7-4-8-30(16-29)38-46-33(20-34(47-38)26-12-10-25(23-41)11-13-26)22-40-15-14-28-18-35(44-2)36(45-3)19-31(28)21-40/h4-13,16-19,33-34,38,41H,14-15,20-23H2,1-3H3,(H,39,43)/t33-,34+,38?/m0/s1. The zero-order valence-electron chi connectivity index (χ0n) is 26.9. The van der Waals surface area contributed by atoms with Crippen LogP contribution in [0.5, 0.6) is 11.5 Å². The summed E-state index contributed by atoms with van der Waals surface area (Å²) in [6.07, 6.45) is 0.439. The molecule has 2 aliphatic rings. The fourth-order valence-corrected chi connectivity index (χ4v) is 6.26. The first kappa shape index (κ1) is 32.4. The number of fused-ring (bicyclic) bond motifs is 1. The molecule has 4 aromatic carbocycles. The minimum atomic E-state index is -0.702. The van der Waals surface area contributed by atoms with Gasteiger partial charge in [0.15, 0.2) is 23.6 Å². The van der Waals surface area contributed by atoms with Gasteiger partial charge in [0.1, 0.15) is 0 Å². The van der Waals surface area contributed by atoms with Crippen molar-refractivity contribution in [2.45, 2.75) is 51.4 Å². The van der Waals surface area contributed by atoms with E-state index < -0.39 is 6.29 Å². The topological polar surface area (TPSA) is 107 Å². The molecule has 9 heteroatoms. The van der Waals surface area contributed by atoms with Gasteiger partial charge in [-0.2, -0.15) is 0 Å². The lowest BCUT2D eigenvalue weighted by Gasteiger charge is -2.39. The predicted molar refractivity (Wildman–Crippen MR) is 178 cm³/mol. The molecule has 3 atom stereocenters. The summed E-state index contributed by atoms with van der Waals surface area (Å²) in [4.78, 5) is 27.5. The summed E-state index contributed by atoms with van der Waals surface area (Å²) in [5, 5.41) is 12.5. The molecule has 0 saturated carbocycles. The van der Waals surface area contributed by atoms with E-state index in [0.29, 0.717) is 29.8 Å². The number of nitrogens with one attached hydrogen (secondary N) is 1. The fourth-order valence-electron chi connectivity index (χ4n) is 6.26. The number of aliphatic hydroxyl groups is 1. The highest BCUT2D eigenvalue weighted by molar-refractivity contribution is 6.05. The number of hydrogen-bond acceptors (Lipinski definition) is 8. The molecule has 6 rings (SSSR count). The highest BCUT2D eigenvalue weighted by Crippen LogP contribution is 2.39. The summed E-state index contributed by atoms with van der Waals surface area (Å²) < 4.78 is 24.3. The molecule has 244 valence electrons. The van der Waals surface area contributed by atoms with E-state index in [4.69, 9.17) is 18.9 Å². The summed E-state index contributed by atoms with van der Waals surface area (Å²) in [5.74, 6) is 1.09. The number of amides is 1. The van der Waals surface area contributed by atoms with Crippen LogP contribution in [0, 0.1) is 0 Å². The number of ether oxygens (including phenoxy) is 4. The number of hydrogen-bond donors (Lipinski definition) is 2. The van der Waals surface area contributed by atoms with Gasteiger partial charge < -0.3 is 29.4 Å². The first-order valence-electron chi connectivity index (χ1n) is 15.8. The van der Waals surface area contributed by atoms with Gasteiger partial charge in [0.2, 0.25) is 0 Å². The Labute approximate surface area is 275 Å². The molecule has 1 fully saturated rings. The molecule has 0 aromatic heterocycles. The third-order valence-corrected chi connectivity index (χ3v) is 8.82. The number of methoxy groups -OCH3 is 2. The lowest BCUT2D eigenvalue weighted by Crippen LogP contribution is -2.41. The Morgan fingerprint density at radius 3 is 2.32 bits per heavy atom. The number of nitrogens with zero attached hydrogens (tertiary/aromatic N) is 1. The third-order valence-electron chi connectivity index (χ3n) is 8.82. The van der Waals surface area contributed by atoms with Crippen LogP contribution in [0.3, 0.4) is 0 Å². The van der Waals surface area contributed by atoms with E-state index in [-0.39, 0.29) is 30.5 Å². The van der Waals surface area contributed by atoms with Crippen molar-refractivity contribution >= 4 is 17.4 Å². The zero-order valence-corrected chi connectivity index (χ0v) is 26.9. The van der Waals surface area contributed by atoms with E-state index in [1.165, 1.54) is 18.1 Å². The summed E-state index contributed by atoms with van der Waals surface area (Å²) in [6, 6.07) is 26.1. The summed E-state index contributed by atoms with van der Waals surface area (Å²) in [6.45, 7) is 3.81. The molecular formula is C38H40N2O7. The van der Waals surface area contributed by atoms with Crippen molar-refractivity contribution in [2.24, 2.45) is 0 Å². The Balaban J connectivity index is 1.22. The monoisotopic (exact) mass is 636 g/mol. The molecule has 2 aliphatic heterocycles. The Morgan fingerprint density at radius 2 is 1.60 bits per heavy atom. The quantitative estimate of drug-likeness (QED) is 0.197. The van der Waals surface area contributed by atoms with Crippen LogP contribution in [-0.2, 0) is 29.0 Å².